The van der Waals surface area contributed by atoms with E-state index in [1.54, 1.807) is 53.2 Å². The normalized spacial score (nSPS) is 14.0. The molecule has 0 aliphatic carbocycles. The highest BCUT2D eigenvalue weighted by atomic mass is 16.6. The first kappa shape index (κ1) is 25.0. The van der Waals surface area contributed by atoms with E-state index in [9.17, 15) is 14.7 Å². The molecular weight excluding hydrogens is 438 g/mol. The third-order valence-electron chi connectivity index (χ3n) is 5.26. The van der Waals surface area contributed by atoms with E-state index in [1.807, 2.05) is 24.3 Å². The van der Waals surface area contributed by atoms with Gasteiger partial charge in [0.2, 0.25) is 0 Å². The number of hydrogen-bond acceptors (Lipinski definition) is 6. The average molecular weight is 470 g/mol. The van der Waals surface area contributed by atoms with Crippen molar-refractivity contribution < 1.29 is 33.6 Å². The average Bonchev–Trinajstić information content (AvgIpc) is 2.81. The van der Waals surface area contributed by atoms with Gasteiger partial charge in [0.1, 0.15) is 29.5 Å². The molecule has 3 rings (SSSR count). The molecule has 0 aromatic heterocycles. The van der Waals surface area contributed by atoms with Crippen LogP contribution in [0.25, 0.3) is 5.57 Å². The van der Waals surface area contributed by atoms with Crippen LogP contribution in [-0.4, -0.2) is 55.0 Å². The molecule has 0 radical (unpaired) electrons. The Morgan fingerprint density at radius 2 is 1.65 bits per heavy atom. The van der Waals surface area contributed by atoms with Crippen LogP contribution in [0, 0.1) is 0 Å². The Hall–Kier alpha value is -3.68. The molecule has 0 saturated carbocycles. The zero-order chi connectivity index (χ0) is 24.9. The minimum Gasteiger partial charge on any atom is -0.496 e. The first-order valence-electron chi connectivity index (χ1n) is 11.0. The summed E-state index contributed by atoms with van der Waals surface area (Å²) in [5.74, 6) is 0.790. The Kier molecular flexibility index (Phi) is 7.71. The Labute approximate surface area is 199 Å². The van der Waals surface area contributed by atoms with Crippen molar-refractivity contribution in [2.45, 2.75) is 39.4 Å². The summed E-state index contributed by atoms with van der Waals surface area (Å²) in [6.07, 6.45) is -0.0979. The number of methoxy groups -OCH3 is 2. The summed E-state index contributed by atoms with van der Waals surface area (Å²) in [5, 5.41) is 9.84. The Balaban J connectivity index is 1.79. The van der Waals surface area contributed by atoms with Crippen molar-refractivity contribution in [3.05, 3.63) is 59.2 Å². The summed E-state index contributed by atoms with van der Waals surface area (Å²) in [5.41, 5.74) is 1.92. The van der Waals surface area contributed by atoms with Crippen LogP contribution in [0.4, 0.5) is 4.79 Å². The second-order valence-corrected chi connectivity index (χ2v) is 8.95. The Morgan fingerprint density at radius 3 is 2.24 bits per heavy atom. The van der Waals surface area contributed by atoms with Gasteiger partial charge < -0.3 is 29.0 Å². The van der Waals surface area contributed by atoms with Gasteiger partial charge in [-0.3, -0.25) is 0 Å². The van der Waals surface area contributed by atoms with Gasteiger partial charge in [-0.15, -0.1) is 0 Å². The molecule has 2 aromatic rings. The van der Waals surface area contributed by atoms with Gasteiger partial charge in [-0.25, -0.2) is 9.59 Å². The standard InChI is InChI=1S/C26H31NO7/c1-26(2,3)34-25(30)27-10-9-22(23(15-27)24(28)29)18-8-6-7-17(11-18)16-33-21-13-19(31-4)12-20(14-21)32-5/h6-8,11-14H,9-10,15-16H2,1-5H3,(H,28,29). The monoisotopic (exact) mass is 469 g/mol. The number of carboxylic acid groups (broad SMARTS) is 1. The number of carbonyl (C=O) groups is 2. The second kappa shape index (κ2) is 10.5. The maximum atomic E-state index is 12.4. The summed E-state index contributed by atoms with van der Waals surface area (Å²) in [6.45, 7) is 6.00. The molecule has 0 saturated heterocycles. The SMILES string of the molecule is COc1cc(OC)cc(OCc2cccc(C3=C(C(=O)O)CN(C(=O)OC(C)(C)C)CC3)c2)c1. The van der Waals surface area contributed by atoms with E-state index in [0.717, 1.165) is 11.1 Å². The molecule has 2 aromatic carbocycles. The van der Waals surface area contributed by atoms with E-state index in [0.29, 0.717) is 35.8 Å². The first-order chi connectivity index (χ1) is 16.1. The number of rotatable bonds is 7. The third-order valence-corrected chi connectivity index (χ3v) is 5.26. The van der Waals surface area contributed by atoms with E-state index in [4.69, 9.17) is 18.9 Å². The van der Waals surface area contributed by atoms with Crippen LogP contribution in [0.5, 0.6) is 17.2 Å². The largest absolute Gasteiger partial charge is 0.496 e. The number of carbonyl (C=O) groups excluding carboxylic acids is 1. The molecule has 34 heavy (non-hydrogen) atoms. The lowest BCUT2D eigenvalue weighted by Crippen LogP contribution is -2.41. The molecule has 182 valence electrons. The van der Waals surface area contributed by atoms with Crippen molar-refractivity contribution in [1.29, 1.82) is 0 Å². The van der Waals surface area contributed by atoms with Crippen molar-refractivity contribution >= 4 is 17.6 Å². The summed E-state index contributed by atoms with van der Waals surface area (Å²) in [6, 6.07) is 12.9. The van der Waals surface area contributed by atoms with E-state index in [1.165, 1.54) is 4.90 Å². The fraction of sp³-hybridized carbons (Fsp3) is 0.385. The molecule has 1 heterocycles. The summed E-state index contributed by atoms with van der Waals surface area (Å²) < 4.78 is 21.9. The van der Waals surface area contributed by atoms with Crippen molar-refractivity contribution in [2.75, 3.05) is 27.3 Å². The van der Waals surface area contributed by atoms with Gasteiger partial charge in [-0.05, 0) is 50.0 Å². The van der Waals surface area contributed by atoms with E-state index < -0.39 is 17.7 Å². The maximum absolute atomic E-state index is 12.4. The van der Waals surface area contributed by atoms with Crippen LogP contribution in [0.1, 0.15) is 38.3 Å². The molecular formula is C26H31NO7. The van der Waals surface area contributed by atoms with Gasteiger partial charge in [-0.1, -0.05) is 18.2 Å². The van der Waals surface area contributed by atoms with E-state index >= 15 is 0 Å². The molecule has 0 atom stereocenters. The highest BCUT2D eigenvalue weighted by Gasteiger charge is 2.30. The Morgan fingerprint density at radius 1 is 1.00 bits per heavy atom. The van der Waals surface area contributed by atoms with Gasteiger partial charge in [0.05, 0.1) is 26.3 Å². The van der Waals surface area contributed by atoms with Gasteiger partial charge in [-0.2, -0.15) is 0 Å². The summed E-state index contributed by atoms with van der Waals surface area (Å²) in [4.78, 5) is 25.9. The molecule has 8 heteroatoms. The zero-order valence-corrected chi connectivity index (χ0v) is 20.2. The fourth-order valence-corrected chi connectivity index (χ4v) is 3.64. The van der Waals surface area contributed by atoms with Gasteiger partial charge in [0.15, 0.2) is 0 Å². The van der Waals surface area contributed by atoms with Crippen LogP contribution in [0.3, 0.4) is 0 Å². The van der Waals surface area contributed by atoms with Gasteiger partial charge in [0.25, 0.3) is 0 Å². The quantitative estimate of drug-likeness (QED) is 0.625. The fourth-order valence-electron chi connectivity index (χ4n) is 3.64. The third kappa shape index (κ3) is 6.43. The van der Waals surface area contributed by atoms with Crippen LogP contribution >= 0.6 is 0 Å². The van der Waals surface area contributed by atoms with E-state index in [-0.39, 0.29) is 18.7 Å². The maximum Gasteiger partial charge on any atom is 0.410 e. The van der Waals surface area contributed by atoms with Crippen LogP contribution in [-0.2, 0) is 16.1 Å². The van der Waals surface area contributed by atoms with Crippen molar-refractivity contribution in [1.82, 2.24) is 4.90 Å². The predicted molar refractivity (Wildman–Crippen MR) is 127 cm³/mol. The zero-order valence-electron chi connectivity index (χ0n) is 20.2. The molecule has 0 unspecified atom stereocenters. The number of carboxylic acids is 1. The summed E-state index contributed by atoms with van der Waals surface area (Å²) in [7, 11) is 3.15. The second-order valence-electron chi connectivity index (χ2n) is 8.95. The Bertz CT molecular complexity index is 1060. The molecule has 0 fully saturated rings. The van der Waals surface area contributed by atoms with Crippen LogP contribution in [0.2, 0.25) is 0 Å². The first-order valence-corrected chi connectivity index (χ1v) is 11.0. The van der Waals surface area contributed by atoms with Crippen molar-refractivity contribution in [3.8, 4) is 17.2 Å². The van der Waals surface area contributed by atoms with Gasteiger partial charge >= 0.3 is 12.1 Å². The molecule has 1 amide bonds. The minimum absolute atomic E-state index is 0.0100. The summed E-state index contributed by atoms with van der Waals surface area (Å²) >= 11 is 0. The number of aliphatic carboxylic acids is 1. The van der Waals surface area contributed by atoms with Crippen LogP contribution < -0.4 is 14.2 Å². The van der Waals surface area contributed by atoms with Gasteiger partial charge in [0, 0.05) is 24.7 Å². The number of nitrogens with zero attached hydrogens (tertiary/aromatic N) is 1. The van der Waals surface area contributed by atoms with Crippen LogP contribution in [0.15, 0.2) is 48.0 Å². The predicted octanol–water partition coefficient (Wildman–Crippen LogP) is 4.76. The number of hydrogen-bond donors (Lipinski definition) is 1. The lowest BCUT2D eigenvalue weighted by atomic mass is 9.92. The molecule has 0 spiro atoms. The highest BCUT2D eigenvalue weighted by molar-refractivity contribution is 5.98. The lowest BCUT2D eigenvalue weighted by molar-refractivity contribution is -0.132. The molecule has 8 nitrogen and oxygen atoms in total. The topological polar surface area (TPSA) is 94.5 Å². The molecule has 1 N–H and O–H groups in total. The smallest absolute Gasteiger partial charge is 0.410 e. The number of amides is 1. The lowest BCUT2D eigenvalue weighted by Gasteiger charge is -2.31. The number of ether oxygens (including phenoxy) is 4. The molecule has 0 bridgehead atoms. The van der Waals surface area contributed by atoms with E-state index in [2.05, 4.69) is 0 Å². The number of benzene rings is 2. The molecule has 1 aliphatic heterocycles. The van der Waals surface area contributed by atoms with Crippen molar-refractivity contribution in [3.63, 3.8) is 0 Å². The minimum atomic E-state index is -1.05. The highest BCUT2D eigenvalue weighted by Crippen LogP contribution is 2.31. The molecule has 1 aliphatic rings. The van der Waals surface area contributed by atoms with Crippen molar-refractivity contribution in [2.24, 2.45) is 0 Å².